The summed E-state index contributed by atoms with van der Waals surface area (Å²) in [4.78, 5) is 12.7. The average Bonchev–Trinajstić information content (AvgIpc) is 3.21. The molecule has 1 heterocycles. The topological polar surface area (TPSA) is 72.9 Å². The van der Waals surface area contributed by atoms with Crippen LogP contribution in [0.4, 0.5) is 8.78 Å². The third-order valence-electron chi connectivity index (χ3n) is 5.05. The maximum absolute atomic E-state index is 13.6. The number of aromatic nitrogens is 2. The first-order valence-electron chi connectivity index (χ1n) is 8.65. The lowest BCUT2D eigenvalue weighted by Crippen LogP contribution is -2.42. The zero-order chi connectivity index (χ0) is 17.6. The van der Waals surface area contributed by atoms with Crippen LogP contribution in [0.5, 0.6) is 0 Å². The molecule has 1 unspecified atom stereocenters. The Balaban J connectivity index is 1.67. The minimum Gasteiger partial charge on any atom is -0.346 e. The van der Waals surface area contributed by atoms with Crippen LogP contribution in [0.25, 0.3) is 5.69 Å². The lowest BCUT2D eigenvalue weighted by Gasteiger charge is -2.15. The van der Waals surface area contributed by atoms with E-state index in [9.17, 15) is 13.6 Å². The molecule has 2 aliphatic carbocycles. The van der Waals surface area contributed by atoms with Crippen LogP contribution in [0, 0.1) is 17.6 Å². The predicted molar refractivity (Wildman–Crippen MR) is 88.5 cm³/mol. The number of hydrogen-bond acceptors (Lipinski definition) is 3. The van der Waals surface area contributed by atoms with Gasteiger partial charge in [0.05, 0.1) is 5.69 Å². The first-order chi connectivity index (χ1) is 12.1. The molecule has 5 nitrogen and oxygen atoms in total. The predicted octanol–water partition coefficient (Wildman–Crippen LogP) is 2.11. The molecule has 2 aliphatic rings. The quantitative estimate of drug-likeness (QED) is 0.871. The van der Waals surface area contributed by atoms with E-state index in [0.717, 1.165) is 55.5 Å². The van der Waals surface area contributed by atoms with Crippen LogP contribution in [0.2, 0.25) is 0 Å². The number of benzene rings is 1. The zero-order valence-corrected chi connectivity index (χ0v) is 13.8. The van der Waals surface area contributed by atoms with Gasteiger partial charge in [0.2, 0.25) is 0 Å². The normalized spacial score (nSPS) is 17.4. The summed E-state index contributed by atoms with van der Waals surface area (Å²) < 4.78 is 28.4. The number of nitrogens with one attached hydrogen (secondary N) is 1. The molecule has 2 aromatic rings. The molecule has 0 bridgehead atoms. The number of halogens is 2. The van der Waals surface area contributed by atoms with E-state index in [0.29, 0.717) is 23.8 Å². The Morgan fingerprint density at radius 3 is 2.80 bits per heavy atom. The van der Waals surface area contributed by atoms with Crippen molar-refractivity contribution < 1.29 is 13.6 Å². The molecule has 1 atom stereocenters. The Kier molecular flexibility index (Phi) is 4.03. The van der Waals surface area contributed by atoms with Crippen LogP contribution in [-0.2, 0) is 12.8 Å². The molecule has 132 valence electrons. The highest BCUT2D eigenvalue weighted by Crippen LogP contribution is 2.33. The Labute approximate surface area is 144 Å². The largest absolute Gasteiger partial charge is 0.346 e. The number of fused-ring (bicyclic) bond motifs is 1. The SMILES string of the molecule is NCC(NC(=O)c1nn(-c2ccc(F)c(F)c2)c2c1CCC2)C1CC1. The lowest BCUT2D eigenvalue weighted by atomic mass is 10.1. The number of carbonyl (C=O) groups is 1. The molecule has 1 aromatic carbocycles. The minimum atomic E-state index is -0.928. The van der Waals surface area contributed by atoms with Crippen LogP contribution in [-0.4, -0.2) is 28.3 Å². The molecule has 1 fully saturated rings. The van der Waals surface area contributed by atoms with E-state index in [4.69, 9.17) is 5.73 Å². The molecule has 0 spiro atoms. The molecule has 0 radical (unpaired) electrons. The van der Waals surface area contributed by atoms with Crippen molar-refractivity contribution in [1.82, 2.24) is 15.1 Å². The summed E-state index contributed by atoms with van der Waals surface area (Å²) in [7, 11) is 0. The van der Waals surface area contributed by atoms with Crippen LogP contribution < -0.4 is 11.1 Å². The van der Waals surface area contributed by atoms with Crippen LogP contribution in [0.15, 0.2) is 18.2 Å². The van der Waals surface area contributed by atoms with Gasteiger partial charge < -0.3 is 11.1 Å². The first-order valence-corrected chi connectivity index (χ1v) is 8.65. The fourth-order valence-electron chi connectivity index (χ4n) is 3.55. The number of nitrogens with two attached hydrogens (primary N) is 1. The third-order valence-corrected chi connectivity index (χ3v) is 5.05. The van der Waals surface area contributed by atoms with Crippen LogP contribution in [0.1, 0.15) is 41.0 Å². The Morgan fingerprint density at radius 2 is 2.12 bits per heavy atom. The summed E-state index contributed by atoms with van der Waals surface area (Å²) in [5, 5.41) is 7.40. The summed E-state index contributed by atoms with van der Waals surface area (Å²) in [6.07, 6.45) is 4.61. The van der Waals surface area contributed by atoms with E-state index < -0.39 is 11.6 Å². The van der Waals surface area contributed by atoms with Crippen molar-refractivity contribution in [2.45, 2.75) is 38.1 Å². The number of rotatable bonds is 5. The zero-order valence-electron chi connectivity index (χ0n) is 13.8. The molecule has 1 saturated carbocycles. The smallest absolute Gasteiger partial charge is 0.272 e. The van der Waals surface area contributed by atoms with E-state index in [1.165, 1.54) is 6.07 Å². The Hall–Kier alpha value is -2.28. The second kappa shape index (κ2) is 6.22. The van der Waals surface area contributed by atoms with Crippen molar-refractivity contribution in [2.24, 2.45) is 11.7 Å². The summed E-state index contributed by atoms with van der Waals surface area (Å²) in [5.74, 6) is -1.61. The standard InChI is InChI=1S/C18H20F2N4O/c19-13-7-6-11(8-14(13)20)24-16-3-1-2-12(16)17(23-24)18(25)22-15(9-21)10-4-5-10/h6-8,10,15H,1-5,9,21H2,(H,22,25). The van der Waals surface area contributed by atoms with Gasteiger partial charge in [0.25, 0.3) is 5.91 Å². The van der Waals surface area contributed by atoms with Gasteiger partial charge >= 0.3 is 0 Å². The fourth-order valence-corrected chi connectivity index (χ4v) is 3.55. The summed E-state index contributed by atoms with van der Waals surface area (Å²) in [6.45, 7) is 0.405. The fraction of sp³-hybridized carbons (Fsp3) is 0.444. The van der Waals surface area contributed by atoms with Gasteiger partial charge in [-0.1, -0.05) is 0 Å². The Morgan fingerprint density at radius 1 is 1.32 bits per heavy atom. The molecule has 0 aliphatic heterocycles. The van der Waals surface area contributed by atoms with E-state index in [1.54, 1.807) is 4.68 Å². The molecular formula is C18H20F2N4O. The Bertz CT molecular complexity index is 829. The van der Waals surface area contributed by atoms with E-state index in [2.05, 4.69) is 10.4 Å². The van der Waals surface area contributed by atoms with Crippen molar-refractivity contribution >= 4 is 5.91 Å². The molecular weight excluding hydrogens is 326 g/mol. The van der Waals surface area contributed by atoms with Crippen molar-refractivity contribution in [3.8, 4) is 5.69 Å². The van der Waals surface area contributed by atoms with Gasteiger partial charge in [0.1, 0.15) is 0 Å². The van der Waals surface area contributed by atoms with E-state index in [-0.39, 0.29) is 11.9 Å². The highest BCUT2D eigenvalue weighted by molar-refractivity contribution is 5.94. The van der Waals surface area contributed by atoms with Crippen LogP contribution in [0.3, 0.4) is 0 Å². The number of nitrogens with zero attached hydrogens (tertiary/aromatic N) is 2. The summed E-state index contributed by atoms with van der Waals surface area (Å²) in [6, 6.07) is 3.62. The van der Waals surface area contributed by atoms with Gasteiger partial charge in [0, 0.05) is 29.9 Å². The average molecular weight is 346 g/mol. The number of amides is 1. The van der Waals surface area contributed by atoms with Gasteiger partial charge in [-0.3, -0.25) is 4.79 Å². The molecule has 3 N–H and O–H groups in total. The second-order valence-electron chi connectivity index (χ2n) is 6.79. The molecule has 0 saturated heterocycles. The number of hydrogen-bond donors (Lipinski definition) is 2. The van der Waals surface area contributed by atoms with Crippen molar-refractivity contribution in [2.75, 3.05) is 6.54 Å². The monoisotopic (exact) mass is 346 g/mol. The van der Waals surface area contributed by atoms with Gasteiger partial charge in [-0.05, 0) is 50.2 Å². The molecule has 4 rings (SSSR count). The second-order valence-corrected chi connectivity index (χ2v) is 6.79. The molecule has 25 heavy (non-hydrogen) atoms. The molecule has 1 amide bonds. The van der Waals surface area contributed by atoms with E-state index >= 15 is 0 Å². The van der Waals surface area contributed by atoms with Crippen molar-refractivity contribution in [1.29, 1.82) is 0 Å². The molecule has 7 heteroatoms. The number of carbonyl (C=O) groups excluding carboxylic acids is 1. The summed E-state index contributed by atoms with van der Waals surface area (Å²) in [5.41, 5.74) is 8.35. The van der Waals surface area contributed by atoms with Gasteiger partial charge in [-0.2, -0.15) is 5.10 Å². The van der Waals surface area contributed by atoms with Gasteiger partial charge in [0.15, 0.2) is 17.3 Å². The first kappa shape index (κ1) is 16.2. The van der Waals surface area contributed by atoms with Crippen molar-refractivity contribution in [3.05, 3.63) is 46.8 Å². The highest BCUT2D eigenvalue weighted by atomic mass is 19.2. The van der Waals surface area contributed by atoms with Gasteiger partial charge in [-0.25, -0.2) is 13.5 Å². The van der Waals surface area contributed by atoms with Crippen molar-refractivity contribution in [3.63, 3.8) is 0 Å². The summed E-state index contributed by atoms with van der Waals surface area (Å²) >= 11 is 0. The maximum Gasteiger partial charge on any atom is 0.272 e. The maximum atomic E-state index is 13.6. The van der Waals surface area contributed by atoms with Crippen LogP contribution >= 0.6 is 0 Å². The highest BCUT2D eigenvalue weighted by Gasteiger charge is 2.33. The lowest BCUT2D eigenvalue weighted by molar-refractivity contribution is 0.0927. The van der Waals surface area contributed by atoms with Gasteiger partial charge in [-0.15, -0.1) is 0 Å². The third kappa shape index (κ3) is 2.93. The van der Waals surface area contributed by atoms with E-state index in [1.807, 2.05) is 0 Å². The molecule has 1 aromatic heterocycles. The minimum absolute atomic E-state index is 0.0297.